The highest BCUT2D eigenvalue weighted by Gasteiger charge is 2.35. The molecule has 1 aromatic carbocycles. The van der Waals surface area contributed by atoms with Crippen molar-refractivity contribution in [3.05, 3.63) is 35.4 Å². The van der Waals surface area contributed by atoms with Crippen LogP contribution in [0.1, 0.15) is 28.8 Å². The predicted molar refractivity (Wildman–Crippen MR) is 76.4 cm³/mol. The Labute approximate surface area is 123 Å². The van der Waals surface area contributed by atoms with Crippen molar-refractivity contribution in [3.8, 4) is 6.07 Å². The molecule has 5 nitrogen and oxygen atoms in total. The molecule has 0 spiro atoms. The fraction of sp³-hybridized carbons (Fsp3) is 0.438. The maximum absolute atomic E-state index is 12.4. The quantitative estimate of drug-likeness (QED) is 0.820. The minimum absolute atomic E-state index is 0.0642. The summed E-state index contributed by atoms with van der Waals surface area (Å²) in [6.45, 7) is 2.35. The number of amides is 2. The van der Waals surface area contributed by atoms with Gasteiger partial charge in [0, 0.05) is 37.7 Å². The minimum Gasteiger partial charge on any atom is -0.339 e. The van der Waals surface area contributed by atoms with E-state index in [1.165, 1.54) is 0 Å². The van der Waals surface area contributed by atoms with Gasteiger partial charge in [-0.1, -0.05) is 6.07 Å². The fourth-order valence-electron chi connectivity index (χ4n) is 2.62. The number of rotatable bonds is 2. The average molecular weight is 283 g/mol. The third-order valence-corrected chi connectivity index (χ3v) is 4.04. The Morgan fingerprint density at radius 1 is 1.10 bits per heavy atom. The second-order valence-electron chi connectivity index (χ2n) is 5.58. The van der Waals surface area contributed by atoms with Gasteiger partial charge in [-0.05, 0) is 31.0 Å². The highest BCUT2D eigenvalue weighted by atomic mass is 16.2. The second kappa shape index (κ2) is 5.57. The van der Waals surface area contributed by atoms with E-state index in [-0.39, 0.29) is 17.7 Å². The second-order valence-corrected chi connectivity index (χ2v) is 5.58. The van der Waals surface area contributed by atoms with Crippen molar-refractivity contribution in [2.24, 2.45) is 5.92 Å². The summed E-state index contributed by atoms with van der Waals surface area (Å²) in [6, 6.07) is 8.79. The topological polar surface area (TPSA) is 64.4 Å². The smallest absolute Gasteiger partial charge is 0.254 e. The van der Waals surface area contributed by atoms with Crippen molar-refractivity contribution in [1.82, 2.24) is 9.80 Å². The summed E-state index contributed by atoms with van der Waals surface area (Å²) in [7, 11) is 0. The van der Waals surface area contributed by atoms with Crippen LogP contribution in [0, 0.1) is 17.2 Å². The van der Waals surface area contributed by atoms with Crippen LogP contribution in [0.4, 0.5) is 0 Å². The zero-order chi connectivity index (χ0) is 14.8. The van der Waals surface area contributed by atoms with Crippen LogP contribution in [0.2, 0.25) is 0 Å². The highest BCUT2D eigenvalue weighted by Crippen LogP contribution is 2.31. The molecule has 2 fully saturated rings. The van der Waals surface area contributed by atoms with Crippen molar-refractivity contribution in [3.63, 3.8) is 0 Å². The molecular formula is C16H17N3O2. The normalized spacial score (nSPS) is 18.2. The number of nitriles is 1. The van der Waals surface area contributed by atoms with Gasteiger partial charge in [-0.2, -0.15) is 5.26 Å². The molecule has 1 aliphatic carbocycles. The molecule has 1 heterocycles. The van der Waals surface area contributed by atoms with E-state index in [2.05, 4.69) is 0 Å². The van der Waals surface area contributed by atoms with Crippen LogP contribution in [0.5, 0.6) is 0 Å². The van der Waals surface area contributed by atoms with Crippen LogP contribution in [0.25, 0.3) is 0 Å². The van der Waals surface area contributed by atoms with E-state index in [9.17, 15) is 9.59 Å². The van der Waals surface area contributed by atoms with Gasteiger partial charge < -0.3 is 9.80 Å². The third kappa shape index (κ3) is 2.89. The van der Waals surface area contributed by atoms with E-state index >= 15 is 0 Å². The lowest BCUT2D eigenvalue weighted by molar-refractivity contribution is -0.134. The van der Waals surface area contributed by atoms with Crippen LogP contribution in [-0.4, -0.2) is 47.8 Å². The minimum atomic E-state index is -0.0642. The first-order valence-corrected chi connectivity index (χ1v) is 7.27. The van der Waals surface area contributed by atoms with Crippen LogP contribution in [0.3, 0.4) is 0 Å². The summed E-state index contributed by atoms with van der Waals surface area (Å²) < 4.78 is 0. The Morgan fingerprint density at radius 3 is 2.38 bits per heavy atom. The maximum atomic E-state index is 12.4. The van der Waals surface area contributed by atoms with Crippen molar-refractivity contribution in [1.29, 1.82) is 5.26 Å². The Bertz CT molecular complexity index is 608. The number of hydrogen-bond acceptors (Lipinski definition) is 3. The van der Waals surface area contributed by atoms with Crippen LogP contribution in [0.15, 0.2) is 24.3 Å². The van der Waals surface area contributed by atoms with E-state index in [1.807, 2.05) is 11.0 Å². The Balaban J connectivity index is 1.62. The predicted octanol–water partition coefficient (Wildman–Crippen LogP) is 1.25. The summed E-state index contributed by atoms with van der Waals surface area (Å²) >= 11 is 0. The Morgan fingerprint density at radius 2 is 1.76 bits per heavy atom. The molecular weight excluding hydrogens is 266 g/mol. The lowest BCUT2D eigenvalue weighted by Gasteiger charge is -2.35. The third-order valence-electron chi connectivity index (χ3n) is 4.04. The first-order valence-electron chi connectivity index (χ1n) is 7.27. The molecule has 5 heteroatoms. The fourth-order valence-corrected chi connectivity index (χ4v) is 2.62. The highest BCUT2D eigenvalue weighted by molar-refractivity contribution is 5.94. The van der Waals surface area contributed by atoms with Gasteiger partial charge in [0.1, 0.15) is 0 Å². The van der Waals surface area contributed by atoms with Crippen molar-refractivity contribution >= 4 is 11.8 Å². The van der Waals surface area contributed by atoms with Crippen molar-refractivity contribution in [2.75, 3.05) is 26.2 Å². The largest absolute Gasteiger partial charge is 0.339 e. The van der Waals surface area contributed by atoms with Crippen LogP contribution < -0.4 is 0 Å². The standard InChI is InChI=1S/C16H17N3O2/c17-11-12-2-1-3-14(10-12)16(21)19-8-6-18(7-9-19)15(20)13-4-5-13/h1-3,10,13H,4-9H2. The molecule has 2 aliphatic rings. The van der Waals surface area contributed by atoms with E-state index < -0.39 is 0 Å². The van der Waals surface area contributed by atoms with Crippen molar-refractivity contribution in [2.45, 2.75) is 12.8 Å². The summed E-state index contributed by atoms with van der Waals surface area (Å²) in [5, 5.41) is 8.89. The van der Waals surface area contributed by atoms with E-state index in [4.69, 9.17) is 5.26 Å². The van der Waals surface area contributed by atoms with Gasteiger partial charge in [0.15, 0.2) is 0 Å². The molecule has 0 aromatic heterocycles. The molecule has 0 unspecified atom stereocenters. The van der Waals surface area contributed by atoms with E-state index in [1.54, 1.807) is 29.2 Å². The monoisotopic (exact) mass is 283 g/mol. The molecule has 0 N–H and O–H groups in total. The molecule has 0 atom stereocenters. The molecule has 2 amide bonds. The molecule has 1 aromatic rings. The molecule has 3 rings (SSSR count). The average Bonchev–Trinajstić information content (AvgIpc) is 3.38. The van der Waals surface area contributed by atoms with Crippen molar-refractivity contribution < 1.29 is 9.59 Å². The number of piperazine rings is 1. The number of hydrogen-bond donors (Lipinski definition) is 0. The maximum Gasteiger partial charge on any atom is 0.254 e. The number of benzene rings is 1. The Kier molecular flexibility index (Phi) is 3.61. The number of carbonyl (C=O) groups excluding carboxylic acids is 2. The summed E-state index contributed by atoms with van der Waals surface area (Å²) in [5.74, 6) is 0.416. The van der Waals surface area contributed by atoms with Gasteiger partial charge in [0.05, 0.1) is 11.6 Å². The molecule has 1 saturated heterocycles. The van der Waals surface area contributed by atoms with E-state index in [0.29, 0.717) is 37.3 Å². The van der Waals surface area contributed by atoms with Crippen LogP contribution in [-0.2, 0) is 4.79 Å². The van der Waals surface area contributed by atoms with Gasteiger partial charge in [-0.25, -0.2) is 0 Å². The zero-order valence-corrected chi connectivity index (χ0v) is 11.8. The zero-order valence-electron chi connectivity index (χ0n) is 11.8. The van der Waals surface area contributed by atoms with E-state index in [0.717, 1.165) is 12.8 Å². The van der Waals surface area contributed by atoms with Gasteiger partial charge in [0.2, 0.25) is 5.91 Å². The molecule has 108 valence electrons. The van der Waals surface area contributed by atoms with Gasteiger partial charge in [0.25, 0.3) is 5.91 Å². The molecule has 0 bridgehead atoms. The molecule has 1 aliphatic heterocycles. The molecule has 21 heavy (non-hydrogen) atoms. The van der Waals surface area contributed by atoms with Gasteiger partial charge in [-0.15, -0.1) is 0 Å². The van der Waals surface area contributed by atoms with Gasteiger partial charge in [-0.3, -0.25) is 9.59 Å². The Hall–Kier alpha value is -2.35. The lowest BCUT2D eigenvalue weighted by atomic mass is 10.1. The number of nitrogens with zero attached hydrogens (tertiary/aromatic N) is 3. The first-order chi connectivity index (χ1) is 10.2. The van der Waals surface area contributed by atoms with Gasteiger partial charge >= 0.3 is 0 Å². The lowest BCUT2D eigenvalue weighted by Crippen LogP contribution is -2.51. The molecule has 1 saturated carbocycles. The molecule has 0 radical (unpaired) electrons. The summed E-state index contributed by atoms with van der Waals surface area (Å²) in [5.41, 5.74) is 1.03. The SMILES string of the molecule is N#Cc1cccc(C(=O)N2CCN(C(=O)C3CC3)CC2)c1. The van der Waals surface area contributed by atoms with Crippen LogP contribution >= 0.6 is 0 Å². The first kappa shape index (κ1) is 13.6. The summed E-state index contributed by atoms with van der Waals surface area (Å²) in [6.07, 6.45) is 2.03. The number of carbonyl (C=O) groups is 2. The summed E-state index contributed by atoms with van der Waals surface area (Å²) in [4.78, 5) is 28.0.